The number of halogens is 2. The van der Waals surface area contributed by atoms with Gasteiger partial charge in [0.15, 0.2) is 0 Å². The number of amides is 1. The van der Waals surface area contributed by atoms with Crippen LogP contribution in [0.5, 0.6) is 0 Å². The molecular formula is C12H14BrClN2OS. The van der Waals surface area contributed by atoms with Crippen molar-refractivity contribution in [1.82, 2.24) is 4.90 Å². The number of carbonyl (C=O) groups is 1. The smallest absolute Gasteiger partial charge is 0.255 e. The van der Waals surface area contributed by atoms with Crippen LogP contribution in [-0.4, -0.2) is 28.9 Å². The van der Waals surface area contributed by atoms with E-state index in [0.29, 0.717) is 26.6 Å². The molecule has 0 unspecified atom stereocenters. The quantitative estimate of drug-likeness (QED) is 0.830. The topological polar surface area (TPSA) is 46.3 Å². The van der Waals surface area contributed by atoms with Crippen molar-refractivity contribution in [3.05, 3.63) is 33.3 Å². The van der Waals surface area contributed by atoms with Crippen LogP contribution in [0.1, 0.15) is 23.7 Å². The molecule has 0 aliphatic heterocycles. The van der Waals surface area contributed by atoms with Gasteiger partial charge < -0.3 is 10.6 Å². The van der Waals surface area contributed by atoms with Crippen molar-refractivity contribution in [2.24, 2.45) is 5.73 Å². The molecule has 98 valence electrons. The van der Waals surface area contributed by atoms with Crippen molar-refractivity contribution in [3.63, 3.8) is 0 Å². The third-order valence-corrected chi connectivity index (χ3v) is 3.31. The highest BCUT2D eigenvalue weighted by Gasteiger charge is 2.18. The van der Waals surface area contributed by atoms with Crippen LogP contribution in [0.4, 0.5) is 0 Å². The summed E-state index contributed by atoms with van der Waals surface area (Å²) >= 11 is 14.0. The van der Waals surface area contributed by atoms with Gasteiger partial charge in [-0.2, -0.15) is 0 Å². The molecule has 0 aromatic heterocycles. The lowest BCUT2D eigenvalue weighted by atomic mass is 10.2. The van der Waals surface area contributed by atoms with E-state index in [2.05, 4.69) is 15.9 Å². The van der Waals surface area contributed by atoms with Gasteiger partial charge in [-0.05, 0) is 40.5 Å². The van der Waals surface area contributed by atoms with Crippen molar-refractivity contribution >= 4 is 50.6 Å². The summed E-state index contributed by atoms with van der Waals surface area (Å²) in [5.41, 5.74) is 6.07. The van der Waals surface area contributed by atoms with E-state index in [1.165, 1.54) is 0 Å². The van der Waals surface area contributed by atoms with Gasteiger partial charge in [0.2, 0.25) is 0 Å². The summed E-state index contributed by atoms with van der Waals surface area (Å²) < 4.78 is 0.670. The summed E-state index contributed by atoms with van der Waals surface area (Å²) in [6.07, 6.45) is 0.847. The maximum atomic E-state index is 12.3. The summed E-state index contributed by atoms with van der Waals surface area (Å²) in [5, 5.41) is 0.579. The fraction of sp³-hybridized carbons (Fsp3) is 0.333. The SMILES string of the molecule is CCCN(CC(N)=S)C(=O)c1ccc(Cl)cc1Br. The molecule has 0 aliphatic rings. The van der Waals surface area contributed by atoms with Crippen LogP contribution >= 0.6 is 39.7 Å². The average Bonchev–Trinajstić information content (AvgIpc) is 2.27. The zero-order valence-corrected chi connectivity index (χ0v) is 13.1. The molecule has 1 rings (SSSR count). The number of nitrogens with two attached hydrogens (primary N) is 1. The Morgan fingerprint density at radius 1 is 1.56 bits per heavy atom. The second kappa shape index (κ2) is 7.07. The fourth-order valence-corrected chi connectivity index (χ4v) is 2.55. The molecule has 6 heteroatoms. The minimum atomic E-state index is -0.104. The van der Waals surface area contributed by atoms with Crippen LogP contribution < -0.4 is 5.73 Å². The predicted octanol–water partition coefficient (Wildman–Crippen LogP) is 3.24. The lowest BCUT2D eigenvalue weighted by Gasteiger charge is -2.22. The molecule has 0 heterocycles. The van der Waals surface area contributed by atoms with Crippen LogP contribution in [0.3, 0.4) is 0 Å². The number of carbonyl (C=O) groups excluding carboxylic acids is 1. The highest BCUT2D eigenvalue weighted by Crippen LogP contribution is 2.22. The molecule has 3 nitrogen and oxygen atoms in total. The summed E-state index contributed by atoms with van der Waals surface area (Å²) in [7, 11) is 0. The van der Waals surface area contributed by atoms with Crippen molar-refractivity contribution < 1.29 is 4.79 Å². The Balaban J connectivity index is 2.97. The number of benzene rings is 1. The molecule has 0 saturated carbocycles. The third kappa shape index (κ3) is 4.23. The van der Waals surface area contributed by atoms with Crippen molar-refractivity contribution in [2.45, 2.75) is 13.3 Å². The molecule has 1 aromatic carbocycles. The first-order valence-corrected chi connectivity index (χ1v) is 7.06. The Kier molecular flexibility index (Phi) is 6.05. The predicted molar refractivity (Wildman–Crippen MR) is 82.1 cm³/mol. The Morgan fingerprint density at radius 3 is 2.72 bits per heavy atom. The monoisotopic (exact) mass is 348 g/mol. The summed E-state index contributed by atoms with van der Waals surface area (Å²) in [5.74, 6) is -0.104. The van der Waals surface area contributed by atoms with Crippen molar-refractivity contribution in [3.8, 4) is 0 Å². The largest absolute Gasteiger partial charge is 0.392 e. The standard InChI is InChI=1S/C12H14BrClN2OS/c1-2-5-16(7-11(15)18)12(17)9-4-3-8(14)6-10(9)13/h3-4,6H,2,5,7H2,1H3,(H2,15,18). The Bertz CT molecular complexity index is 467. The molecule has 1 amide bonds. The van der Waals surface area contributed by atoms with Gasteiger partial charge >= 0.3 is 0 Å². The number of hydrogen-bond donors (Lipinski definition) is 1. The third-order valence-electron chi connectivity index (χ3n) is 2.29. The zero-order valence-electron chi connectivity index (χ0n) is 9.95. The summed E-state index contributed by atoms with van der Waals surface area (Å²) in [6, 6.07) is 5.07. The summed E-state index contributed by atoms with van der Waals surface area (Å²) in [4.78, 5) is 14.3. The summed E-state index contributed by atoms with van der Waals surface area (Å²) in [6.45, 7) is 2.90. The van der Waals surface area contributed by atoms with Crippen LogP contribution in [0.25, 0.3) is 0 Å². The lowest BCUT2D eigenvalue weighted by molar-refractivity contribution is 0.0779. The number of hydrogen-bond acceptors (Lipinski definition) is 2. The van der Waals surface area contributed by atoms with Crippen LogP contribution in [0.15, 0.2) is 22.7 Å². The Labute approximate surface area is 125 Å². The van der Waals surface area contributed by atoms with Crippen molar-refractivity contribution in [1.29, 1.82) is 0 Å². The van der Waals surface area contributed by atoms with E-state index in [0.717, 1.165) is 6.42 Å². The Morgan fingerprint density at radius 2 is 2.22 bits per heavy atom. The highest BCUT2D eigenvalue weighted by atomic mass is 79.9. The van der Waals surface area contributed by atoms with Gasteiger partial charge in [0.1, 0.15) is 0 Å². The molecule has 1 aromatic rings. The van der Waals surface area contributed by atoms with E-state index in [1.54, 1.807) is 23.1 Å². The van der Waals surface area contributed by atoms with Crippen LogP contribution in [0, 0.1) is 0 Å². The van der Waals surface area contributed by atoms with Gasteiger partial charge in [-0.1, -0.05) is 30.7 Å². The van der Waals surface area contributed by atoms with Gasteiger partial charge in [-0.25, -0.2) is 0 Å². The molecule has 0 spiro atoms. The van der Waals surface area contributed by atoms with E-state index in [9.17, 15) is 4.79 Å². The normalized spacial score (nSPS) is 10.2. The van der Waals surface area contributed by atoms with E-state index in [1.807, 2.05) is 6.92 Å². The van der Waals surface area contributed by atoms with E-state index < -0.39 is 0 Å². The number of thiocarbonyl (C=S) groups is 1. The first-order valence-electron chi connectivity index (χ1n) is 5.48. The first kappa shape index (κ1) is 15.4. The van der Waals surface area contributed by atoms with Crippen molar-refractivity contribution in [2.75, 3.05) is 13.1 Å². The van der Waals surface area contributed by atoms with E-state index in [-0.39, 0.29) is 12.5 Å². The lowest BCUT2D eigenvalue weighted by Crippen LogP contribution is -2.38. The second-order valence-electron chi connectivity index (χ2n) is 3.82. The number of nitrogens with zero attached hydrogens (tertiary/aromatic N) is 1. The molecule has 0 atom stereocenters. The maximum absolute atomic E-state index is 12.3. The van der Waals surface area contributed by atoms with E-state index in [4.69, 9.17) is 29.6 Å². The molecular weight excluding hydrogens is 336 g/mol. The van der Waals surface area contributed by atoms with Gasteiger partial charge in [-0.3, -0.25) is 4.79 Å². The van der Waals surface area contributed by atoms with Crippen LogP contribution in [0.2, 0.25) is 5.02 Å². The molecule has 2 N–H and O–H groups in total. The van der Waals surface area contributed by atoms with Gasteiger partial charge in [0.25, 0.3) is 5.91 Å². The average molecular weight is 350 g/mol. The molecule has 0 fully saturated rings. The molecule has 0 saturated heterocycles. The minimum Gasteiger partial charge on any atom is -0.392 e. The Hall–Kier alpha value is -0.650. The second-order valence-corrected chi connectivity index (χ2v) is 5.63. The van der Waals surface area contributed by atoms with E-state index >= 15 is 0 Å². The molecule has 18 heavy (non-hydrogen) atoms. The maximum Gasteiger partial charge on any atom is 0.255 e. The highest BCUT2D eigenvalue weighted by molar-refractivity contribution is 9.10. The number of rotatable bonds is 5. The van der Waals surface area contributed by atoms with Gasteiger partial charge in [0.05, 0.1) is 17.1 Å². The fourth-order valence-electron chi connectivity index (χ4n) is 1.54. The van der Waals surface area contributed by atoms with Gasteiger partial charge in [-0.15, -0.1) is 0 Å². The molecule has 0 radical (unpaired) electrons. The zero-order chi connectivity index (χ0) is 13.7. The first-order chi connectivity index (χ1) is 8.45. The molecule has 0 aliphatic carbocycles. The van der Waals surface area contributed by atoms with Crippen LogP contribution in [-0.2, 0) is 0 Å². The molecule has 0 bridgehead atoms. The minimum absolute atomic E-state index is 0.104. The van der Waals surface area contributed by atoms with Gasteiger partial charge in [0, 0.05) is 16.0 Å².